The molecule has 18 rings (SSSR count). The average molecular weight is 1860 g/mol. The van der Waals surface area contributed by atoms with Crippen molar-refractivity contribution in [3.8, 4) is 16.9 Å². The topological polar surface area (TPSA) is 26.3 Å². The zero-order valence-corrected chi connectivity index (χ0v) is 91.2. The van der Waals surface area contributed by atoms with Crippen molar-refractivity contribution in [1.82, 2.24) is 0 Å². The summed E-state index contributed by atoms with van der Waals surface area (Å²) in [5, 5.41) is 0. The van der Waals surface area contributed by atoms with Crippen LogP contribution in [0.15, 0.2) is 157 Å². The molecule has 770 valence electrons. The third kappa shape index (κ3) is 43.6. The molecule has 11 saturated carbocycles. The van der Waals surface area contributed by atoms with Gasteiger partial charge in [-0.25, -0.2) is 0 Å². The summed E-state index contributed by atoms with van der Waals surface area (Å²) in [7, 11) is 0. The van der Waals surface area contributed by atoms with Crippen molar-refractivity contribution in [1.29, 1.82) is 0 Å². The van der Waals surface area contributed by atoms with Crippen LogP contribution in [-0.4, -0.2) is 5.97 Å². The lowest BCUT2D eigenvalue weighted by molar-refractivity contribution is -0.140. The zero-order valence-electron chi connectivity index (χ0n) is 91.2. The average Bonchev–Trinajstić information content (AvgIpc) is 0.869. The fourth-order valence-corrected chi connectivity index (χ4v) is 25.6. The van der Waals surface area contributed by atoms with Crippen molar-refractivity contribution < 1.29 is 20.9 Å². The Kier molecular flexibility index (Phi) is 51.0. The van der Waals surface area contributed by atoms with Crippen LogP contribution in [0, 0.1) is 171 Å². The van der Waals surface area contributed by atoms with Gasteiger partial charge in [-0.3, -0.25) is 4.79 Å². The highest BCUT2D eigenvalue weighted by atomic mass is 16.5. The highest BCUT2D eigenvalue weighted by Gasteiger charge is 2.33. The van der Waals surface area contributed by atoms with E-state index in [1.807, 2.05) is 36.8 Å². The second-order valence-corrected chi connectivity index (χ2v) is 50.0. The second kappa shape index (κ2) is 61.6. The molecule has 0 radical (unpaired) electrons. The Hall–Kier alpha value is -5.21. The maximum atomic E-state index is 11.9. The molecule has 2 heteroatoms. The first kappa shape index (κ1) is 112. The van der Waals surface area contributed by atoms with Crippen LogP contribution in [0.4, 0.5) is 0 Å². The summed E-state index contributed by atoms with van der Waals surface area (Å²) in [5.74, 6) is 23.6. The molecule has 0 N–H and O–H groups in total. The van der Waals surface area contributed by atoms with E-state index in [1.165, 1.54) is 327 Å². The quantitative estimate of drug-likeness (QED) is 0.0593. The van der Waals surface area contributed by atoms with E-state index in [1.54, 1.807) is 49.7 Å². The van der Waals surface area contributed by atoms with Crippen molar-refractivity contribution in [3.63, 3.8) is 0 Å². The Morgan fingerprint density at radius 1 is 0.274 bits per heavy atom. The fraction of sp³-hybridized carbons (Fsp3) is 0.722. The first-order valence-electron chi connectivity index (χ1n) is 58.7. The summed E-state index contributed by atoms with van der Waals surface area (Å²) >= 11 is 0. The number of esters is 1. The van der Waals surface area contributed by atoms with Gasteiger partial charge in [0.15, 0.2) is 0 Å². The first-order chi connectivity index (χ1) is 65.1. The minimum atomic E-state index is -0.0549. The van der Waals surface area contributed by atoms with Crippen molar-refractivity contribution in [3.05, 3.63) is 196 Å². The first-order valence-corrected chi connectivity index (χ1v) is 58.7. The zero-order chi connectivity index (χ0) is 96.2. The summed E-state index contributed by atoms with van der Waals surface area (Å²) in [6.07, 6.45) is 87.9. The number of aryl methyl sites for hydroxylation is 6. The number of rotatable bonds is 15. The monoisotopic (exact) mass is 1860 g/mol. The predicted octanol–water partition coefficient (Wildman–Crippen LogP) is 43.1. The summed E-state index contributed by atoms with van der Waals surface area (Å²) in [5.41, 5.74) is 15.6. The lowest BCUT2D eigenvalue weighted by Gasteiger charge is -2.36. The smallest absolute Gasteiger partial charge is 0.314 e. The molecular formula is C133H226O2. The van der Waals surface area contributed by atoms with Crippen LogP contribution in [-0.2, 0) is 11.2 Å². The molecule has 135 heavy (non-hydrogen) atoms. The number of carbonyl (C=O) groups excluding carboxylic acids is 1. The Morgan fingerprint density at radius 2 is 0.578 bits per heavy atom. The highest BCUT2D eigenvalue weighted by molar-refractivity contribution is 5.75. The fourth-order valence-electron chi connectivity index (χ4n) is 25.6. The van der Waals surface area contributed by atoms with Gasteiger partial charge < -0.3 is 4.74 Å². The normalized spacial score (nSPS) is 32.6. The molecule has 2 unspecified atom stereocenters. The summed E-state index contributed by atoms with van der Waals surface area (Å²) in [6, 6.07) is 43.1. The van der Waals surface area contributed by atoms with Crippen molar-refractivity contribution in [2.24, 2.45) is 136 Å². The van der Waals surface area contributed by atoms with E-state index in [2.05, 4.69) is 239 Å². The molecule has 0 amide bonds. The minimum Gasteiger partial charge on any atom is -0.426 e. The molecule has 0 heterocycles. The van der Waals surface area contributed by atoms with E-state index in [4.69, 9.17) is 4.74 Å². The van der Waals surface area contributed by atoms with E-state index in [0.29, 0.717) is 5.75 Å². The Balaban J connectivity index is 0.000000540. The maximum absolute atomic E-state index is 11.9. The molecule has 13 aliphatic rings. The molecule has 0 bridgehead atoms. The molecule has 0 aromatic heterocycles. The Morgan fingerprint density at radius 3 is 0.926 bits per heavy atom. The molecule has 0 saturated heterocycles. The maximum Gasteiger partial charge on any atom is 0.314 e. The van der Waals surface area contributed by atoms with Gasteiger partial charge >= 0.3 is 5.97 Å². The molecule has 5 aromatic carbocycles. The SMILES string of the molecule is CC1=CCC(C2CCC(C)CC2)CC1.CC1CC=C(C2CCC(C)CC2)CC1.CC1CCC(C2CCC(C)CC2)CC1.CC1CCC(C=CC2CCC(C)CC2)CC1.CC1CCC(CCC2CCC(C)CC2)CC1.Cc1ccc(-c2ccc(C)cc2)cc1.Cc1ccc(C2CCC(C)CC2)cc1.Cc1ccc(CCC2CCC(C)CC2)cc1.Cc1ccc(OC(=O)C2CCC(C)CC2)cc1.[HH].[HH].[HH].[HH].[HH].[HH].[HH].[HH]. The summed E-state index contributed by atoms with van der Waals surface area (Å²) in [4.78, 5) is 11.9. The third-order valence-corrected chi connectivity index (χ3v) is 37.2. The van der Waals surface area contributed by atoms with Gasteiger partial charge in [0.1, 0.15) is 5.75 Å². The van der Waals surface area contributed by atoms with Crippen LogP contribution in [0.5, 0.6) is 5.75 Å². The van der Waals surface area contributed by atoms with E-state index in [-0.39, 0.29) is 23.3 Å². The number of hydrogen-bond donors (Lipinski definition) is 0. The van der Waals surface area contributed by atoms with Crippen LogP contribution in [0.25, 0.3) is 11.1 Å². The van der Waals surface area contributed by atoms with Crippen molar-refractivity contribution >= 4 is 5.97 Å². The van der Waals surface area contributed by atoms with Crippen LogP contribution in [0.1, 0.15) is 487 Å². The lowest BCUT2D eigenvalue weighted by Crippen LogP contribution is -2.24. The number of hydrogen-bond acceptors (Lipinski definition) is 2. The Labute approximate surface area is 847 Å². The van der Waals surface area contributed by atoms with Gasteiger partial charge in [0.25, 0.3) is 0 Å². The summed E-state index contributed by atoms with van der Waals surface area (Å²) < 4.78 is 5.41. The van der Waals surface area contributed by atoms with E-state index >= 15 is 0 Å². The van der Waals surface area contributed by atoms with Crippen LogP contribution >= 0.6 is 0 Å². The predicted molar refractivity (Wildman–Crippen MR) is 608 cm³/mol. The van der Waals surface area contributed by atoms with Gasteiger partial charge in [-0.05, 0) is 379 Å². The van der Waals surface area contributed by atoms with Crippen LogP contribution in [0.3, 0.4) is 0 Å². The molecule has 11 fully saturated rings. The van der Waals surface area contributed by atoms with Gasteiger partial charge in [0.2, 0.25) is 0 Å². The van der Waals surface area contributed by atoms with Gasteiger partial charge in [-0.1, -0.05) is 435 Å². The minimum absolute atomic E-state index is 0. The standard InChI is InChI=1S/C16H30.C16H28.C16H24.C15H20O2.C14H26.2C14H24.C14H20.C14H14.8H2/c3*1-13-3-7-15(8-4-13)11-12-16-9-5-14(2)6-10-16;1-11-3-7-13(8-4-11)15(16)17-14-9-5-12(2)6-10-14;5*1-11-3-7-13(8-4-11)14-9-5-12(2)6-10-14;;;;;;;;/h13-16H,3-12H2,1-2H3;11-16H,3-10H2,1-2H3;3-4,7-8,14,16H,5-6,9-12H2,1-2H3;5-6,9-11,13H,3-4,7-8H2,1-2H3;11-14H,3-10H2,1-2H3;7,11-12,14H,3-6,8-10H2,1-2H3;3,12-14H,4-10H2,1-2H3;3-4,7-8,12,14H,5-6,9-10H2,1-2H3;3-10H,1-2H3;8*1H. The van der Waals surface area contributed by atoms with Gasteiger partial charge in [0, 0.05) is 11.4 Å². The lowest BCUT2D eigenvalue weighted by atomic mass is 9.70. The van der Waals surface area contributed by atoms with Crippen LogP contribution < -0.4 is 4.74 Å². The molecule has 2 nitrogen and oxygen atoms in total. The third-order valence-electron chi connectivity index (χ3n) is 37.2. The molecule has 0 aliphatic heterocycles. The largest absolute Gasteiger partial charge is 0.426 e. The van der Waals surface area contributed by atoms with Gasteiger partial charge in [-0.2, -0.15) is 0 Å². The number of carbonyl (C=O) groups is 1. The summed E-state index contributed by atoms with van der Waals surface area (Å²) in [6.45, 7) is 41.6. The number of allylic oxidation sites excluding steroid dienone is 6. The Bertz CT molecular complexity index is 3900. The second-order valence-electron chi connectivity index (χ2n) is 50.0. The van der Waals surface area contributed by atoms with Gasteiger partial charge in [0.05, 0.1) is 5.92 Å². The van der Waals surface area contributed by atoms with E-state index in [9.17, 15) is 4.79 Å². The molecular weight excluding hydrogens is 1630 g/mol. The number of ether oxygens (including phenoxy) is 1. The molecule has 13 aliphatic carbocycles. The molecule has 0 spiro atoms. The van der Waals surface area contributed by atoms with Crippen LogP contribution in [0.2, 0.25) is 0 Å². The molecule has 2 atom stereocenters. The van der Waals surface area contributed by atoms with E-state index < -0.39 is 0 Å². The molecule has 5 aromatic rings. The van der Waals surface area contributed by atoms with Crippen molar-refractivity contribution in [2.45, 2.75) is 477 Å². The van der Waals surface area contributed by atoms with Crippen molar-refractivity contribution in [2.75, 3.05) is 0 Å². The number of benzene rings is 5. The van der Waals surface area contributed by atoms with Gasteiger partial charge in [-0.15, -0.1) is 0 Å². The highest BCUT2D eigenvalue weighted by Crippen LogP contribution is 2.46. The van der Waals surface area contributed by atoms with E-state index in [0.717, 1.165) is 162 Å².